The average Bonchev–Trinajstić information content (AvgIpc) is 2.99. The molecule has 1 fully saturated rings. The second kappa shape index (κ2) is 6.95. The molecular formula is C18H16N4O6S. The Morgan fingerprint density at radius 3 is 2.59 bits per heavy atom. The molecule has 1 saturated heterocycles. The number of urea groups is 1. The number of amidine groups is 1. The first kappa shape index (κ1) is 19.1. The van der Waals surface area contributed by atoms with Crippen LogP contribution in [-0.2, 0) is 14.9 Å². The zero-order valence-corrected chi connectivity index (χ0v) is 15.6. The van der Waals surface area contributed by atoms with Crippen LogP contribution in [-0.4, -0.2) is 47.3 Å². The van der Waals surface area contributed by atoms with Crippen LogP contribution < -0.4 is 16.0 Å². The molecule has 1 aromatic carbocycles. The van der Waals surface area contributed by atoms with E-state index in [4.69, 9.17) is 0 Å². The molecule has 1 aliphatic carbocycles. The molecule has 2 aliphatic heterocycles. The number of aliphatic hydroxyl groups excluding tert-OH is 1. The van der Waals surface area contributed by atoms with Gasteiger partial charge in [0.1, 0.15) is 11.1 Å². The van der Waals surface area contributed by atoms with Crippen molar-refractivity contribution >= 4 is 33.6 Å². The van der Waals surface area contributed by atoms with Crippen LogP contribution in [0.5, 0.6) is 0 Å². The fraction of sp³-hybridized carbons (Fsp3) is 0.167. The van der Waals surface area contributed by atoms with Gasteiger partial charge in [0.2, 0.25) is 0 Å². The number of imide groups is 1. The minimum Gasteiger partial charge on any atom is -0.369 e. The molecule has 11 heteroatoms. The predicted octanol–water partition coefficient (Wildman–Crippen LogP) is 0.00550. The monoisotopic (exact) mass is 416 g/mol. The van der Waals surface area contributed by atoms with E-state index >= 15 is 0 Å². The molecule has 5 N–H and O–H groups in total. The van der Waals surface area contributed by atoms with Crippen molar-refractivity contribution in [3.63, 3.8) is 0 Å². The van der Waals surface area contributed by atoms with Gasteiger partial charge in [0, 0.05) is 23.2 Å². The van der Waals surface area contributed by atoms with Gasteiger partial charge in [-0.2, -0.15) is 8.42 Å². The van der Waals surface area contributed by atoms with E-state index in [1.807, 2.05) is 0 Å². The Labute approximate surface area is 165 Å². The topological polar surface area (TPSA) is 157 Å². The summed E-state index contributed by atoms with van der Waals surface area (Å²) in [5, 5.41) is 16.4. The molecule has 3 amide bonds. The van der Waals surface area contributed by atoms with E-state index in [1.165, 1.54) is 12.2 Å². The number of hydrogen-bond donors (Lipinski definition) is 5. The van der Waals surface area contributed by atoms with Gasteiger partial charge >= 0.3 is 6.03 Å². The summed E-state index contributed by atoms with van der Waals surface area (Å²) in [5.74, 6) is -0.419. The van der Waals surface area contributed by atoms with Crippen molar-refractivity contribution < 1.29 is 27.7 Å². The van der Waals surface area contributed by atoms with Crippen molar-refractivity contribution in [2.75, 3.05) is 0 Å². The molecule has 150 valence electrons. The Kier molecular flexibility index (Phi) is 4.57. The minimum absolute atomic E-state index is 0.0155. The zero-order chi connectivity index (χ0) is 20.8. The highest BCUT2D eigenvalue weighted by Gasteiger charge is 2.35. The summed E-state index contributed by atoms with van der Waals surface area (Å²) in [6.07, 6.45) is 3.04. The summed E-state index contributed by atoms with van der Waals surface area (Å²) < 4.78 is 32.2. The van der Waals surface area contributed by atoms with E-state index < -0.39 is 33.5 Å². The molecule has 0 spiro atoms. The summed E-state index contributed by atoms with van der Waals surface area (Å²) in [6, 6.07) is 6.15. The second-order valence-electron chi connectivity index (χ2n) is 6.56. The van der Waals surface area contributed by atoms with Gasteiger partial charge in [-0.15, -0.1) is 0 Å². The van der Waals surface area contributed by atoms with Gasteiger partial charge in [-0.05, 0) is 6.08 Å². The van der Waals surface area contributed by atoms with Crippen LogP contribution in [0.1, 0.15) is 17.5 Å². The van der Waals surface area contributed by atoms with Crippen molar-refractivity contribution in [1.29, 1.82) is 0 Å². The van der Waals surface area contributed by atoms with Gasteiger partial charge in [-0.25, -0.2) is 9.79 Å². The molecule has 10 nitrogen and oxygen atoms in total. The second-order valence-corrected chi connectivity index (χ2v) is 8.19. The number of rotatable bonds is 2. The highest BCUT2D eigenvalue weighted by molar-refractivity contribution is 7.86. The van der Waals surface area contributed by atoms with Gasteiger partial charge in [0.25, 0.3) is 16.0 Å². The summed E-state index contributed by atoms with van der Waals surface area (Å²) in [4.78, 5) is 28.1. The van der Waals surface area contributed by atoms with Crippen LogP contribution in [0.15, 0.2) is 58.8 Å². The Bertz CT molecular complexity index is 1150. The molecule has 0 saturated carbocycles. The van der Waals surface area contributed by atoms with Crippen molar-refractivity contribution in [2.24, 2.45) is 4.99 Å². The number of aliphatic hydroxyl groups is 1. The maximum Gasteiger partial charge on any atom is 0.323 e. The zero-order valence-electron chi connectivity index (χ0n) is 14.8. The number of benzene rings is 1. The summed E-state index contributed by atoms with van der Waals surface area (Å²) in [7, 11) is -4.24. The standard InChI is InChI=1S/C18H16N4O6S/c23-16-13(17(24)22-18(25)21-16)14-11-6-1-2-7-12(11)15(20-14)19-9-4-3-5-10(8-9)29(26,27)28/h1-7,10,16,23H,8H2,(H,19,20)(H,26,27,28)(H2,21,22,24,25)/b14-13+. The highest BCUT2D eigenvalue weighted by atomic mass is 32.2. The molecule has 2 atom stereocenters. The van der Waals surface area contributed by atoms with Gasteiger partial charge in [-0.1, -0.05) is 36.4 Å². The number of nitrogens with one attached hydrogen (secondary N) is 3. The fourth-order valence-electron chi connectivity index (χ4n) is 3.29. The number of carbonyl (C=O) groups excluding carboxylic acids is 2. The lowest BCUT2D eigenvalue weighted by Crippen LogP contribution is -2.54. The third kappa shape index (κ3) is 3.58. The van der Waals surface area contributed by atoms with Crippen LogP contribution in [0.25, 0.3) is 5.70 Å². The highest BCUT2D eigenvalue weighted by Crippen LogP contribution is 2.32. The van der Waals surface area contributed by atoms with E-state index in [2.05, 4.69) is 20.9 Å². The van der Waals surface area contributed by atoms with E-state index in [9.17, 15) is 27.7 Å². The molecule has 2 unspecified atom stereocenters. The molecule has 0 aromatic heterocycles. The third-order valence-electron chi connectivity index (χ3n) is 4.63. The van der Waals surface area contributed by atoms with Gasteiger partial charge in [0.05, 0.1) is 11.3 Å². The normalized spacial score (nSPS) is 26.3. The van der Waals surface area contributed by atoms with Crippen LogP contribution in [0.2, 0.25) is 0 Å². The SMILES string of the molecule is O=C1NC(=O)/C(=C2/N=C(NC3=CC=CC(S(=O)(=O)O)C3)c3ccccc32)C(O)N1. The lowest BCUT2D eigenvalue weighted by atomic mass is 10.0. The van der Waals surface area contributed by atoms with Crippen LogP contribution >= 0.6 is 0 Å². The number of fused-ring (bicyclic) bond motifs is 1. The Balaban J connectivity index is 1.72. The van der Waals surface area contributed by atoms with Crippen LogP contribution in [0, 0.1) is 0 Å². The van der Waals surface area contributed by atoms with E-state index in [0.29, 0.717) is 22.7 Å². The summed E-state index contributed by atoms with van der Waals surface area (Å²) in [5.41, 5.74) is 1.77. The molecule has 0 bridgehead atoms. The lowest BCUT2D eigenvalue weighted by Gasteiger charge is -2.22. The van der Waals surface area contributed by atoms with Crippen molar-refractivity contribution in [3.8, 4) is 0 Å². The quantitative estimate of drug-likeness (QED) is 0.335. The van der Waals surface area contributed by atoms with E-state index in [0.717, 1.165) is 0 Å². The van der Waals surface area contributed by atoms with Crippen molar-refractivity contribution in [3.05, 3.63) is 64.9 Å². The molecule has 29 heavy (non-hydrogen) atoms. The number of amides is 3. The minimum atomic E-state index is -4.24. The molecule has 1 aromatic rings. The number of carbonyl (C=O) groups is 2. The molecule has 0 radical (unpaired) electrons. The first-order valence-electron chi connectivity index (χ1n) is 8.57. The summed E-state index contributed by atoms with van der Waals surface area (Å²) in [6.45, 7) is 0. The first-order chi connectivity index (χ1) is 13.7. The number of aliphatic imine (C=N–C) groups is 1. The first-order valence-corrected chi connectivity index (χ1v) is 10.1. The Morgan fingerprint density at radius 1 is 1.17 bits per heavy atom. The molecule has 2 heterocycles. The lowest BCUT2D eigenvalue weighted by molar-refractivity contribution is -0.118. The molecule has 4 rings (SSSR count). The smallest absolute Gasteiger partial charge is 0.323 e. The third-order valence-corrected chi connectivity index (χ3v) is 5.72. The largest absolute Gasteiger partial charge is 0.369 e. The van der Waals surface area contributed by atoms with Crippen molar-refractivity contribution in [1.82, 2.24) is 16.0 Å². The predicted molar refractivity (Wildman–Crippen MR) is 103 cm³/mol. The van der Waals surface area contributed by atoms with Gasteiger partial charge in [-0.3, -0.25) is 14.7 Å². The number of hydrogen-bond acceptors (Lipinski definition) is 7. The number of allylic oxidation sites excluding steroid dienone is 3. The number of nitrogens with zero attached hydrogens (tertiary/aromatic N) is 1. The Hall–Kier alpha value is -3.28. The Morgan fingerprint density at radius 2 is 1.90 bits per heavy atom. The van der Waals surface area contributed by atoms with Gasteiger partial charge < -0.3 is 15.7 Å². The van der Waals surface area contributed by atoms with Crippen molar-refractivity contribution in [2.45, 2.75) is 17.9 Å². The molecular weight excluding hydrogens is 400 g/mol. The summed E-state index contributed by atoms with van der Waals surface area (Å²) >= 11 is 0. The maximum absolute atomic E-state index is 12.3. The van der Waals surface area contributed by atoms with Crippen LogP contribution in [0.4, 0.5) is 4.79 Å². The molecule has 3 aliphatic rings. The van der Waals surface area contributed by atoms with Crippen LogP contribution in [0.3, 0.4) is 0 Å². The maximum atomic E-state index is 12.3. The van der Waals surface area contributed by atoms with E-state index in [-0.39, 0.29) is 17.7 Å². The average molecular weight is 416 g/mol. The van der Waals surface area contributed by atoms with E-state index in [1.54, 1.807) is 30.3 Å². The van der Waals surface area contributed by atoms with Gasteiger partial charge in [0.15, 0.2) is 6.23 Å². The fourth-order valence-corrected chi connectivity index (χ4v) is 3.97.